The Kier molecular flexibility index (Phi) is 19.0. The molecule has 0 saturated carbocycles. The monoisotopic (exact) mass is 750 g/mol. The van der Waals surface area contributed by atoms with Crippen molar-refractivity contribution in [2.24, 2.45) is 0 Å². The Morgan fingerprint density at radius 1 is 0.667 bits per heavy atom. The van der Waals surface area contributed by atoms with Gasteiger partial charge in [-0.05, 0) is 117 Å². The van der Waals surface area contributed by atoms with Crippen LogP contribution in [0.3, 0.4) is 0 Å². The van der Waals surface area contributed by atoms with Crippen LogP contribution >= 0.6 is 0 Å². The molecule has 3 unspecified atom stereocenters. The summed E-state index contributed by atoms with van der Waals surface area (Å²) in [5, 5.41) is 14.9. The minimum atomic E-state index is -0.364. The van der Waals surface area contributed by atoms with Gasteiger partial charge in [0, 0.05) is 32.3 Å². The molecule has 1 aliphatic heterocycles. The zero-order valence-electron chi connectivity index (χ0n) is 32.5. The number of benzene rings is 2. The van der Waals surface area contributed by atoms with Gasteiger partial charge in [-0.15, -0.1) is 0 Å². The number of nitrogens with one attached hydrogen (secondary N) is 2. The average molecular weight is 751 g/mol. The van der Waals surface area contributed by atoms with Crippen molar-refractivity contribution in [3.05, 3.63) is 58.7 Å². The van der Waals surface area contributed by atoms with E-state index in [9.17, 15) is 19.2 Å². The molecule has 3 atom stereocenters. The second kappa shape index (κ2) is 23.9. The molecule has 0 spiro atoms. The number of aliphatic hydroxyl groups excluding tert-OH is 1. The Bertz CT molecular complexity index is 1490. The highest BCUT2D eigenvalue weighted by Gasteiger charge is 2.25. The number of carbonyl (C=O) groups is 4. The molecule has 2 amide bonds. The van der Waals surface area contributed by atoms with Crippen molar-refractivity contribution in [1.29, 1.82) is 0 Å². The molecule has 11 nitrogen and oxygen atoms in total. The molecule has 5 rings (SSSR count). The maximum Gasteiger partial charge on any atom is 0.220 e. The highest BCUT2D eigenvalue weighted by molar-refractivity contribution is 5.80. The van der Waals surface area contributed by atoms with Crippen LogP contribution in [0.1, 0.15) is 143 Å². The molecule has 0 radical (unpaired) electrons. The number of ketones is 2. The lowest BCUT2D eigenvalue weighted by Crippen LogP contribution is -2.26. The van der Waals surface area contributed by atoms with Gasteiger partial charge in [-0.25, -0.2) is 0 Å². The van der Waals surface area contributed by atoms with E-state index in [4.69, 9.17) is 24.1 Å². The molecule has 54 heavy (non-hydrogen) atoms. The van der Waals surface area contributed by atoms with Crippen LogP contribution in [0.4, 0.5) is 0 Å². The van der Waals surface area contributed by atoms with Crippen LogP contribution in [0.2, 0.25) is 0 Å². The van der Waals surface area contributed by atoms with E-state index in [-0.39, 0.29) is 55.0 Å². The molecular formula is C43H62N2O9. The topological polar surface area (TPSA) is 149 Å². The summed E-state index contributed by atoms with van der Waals surface area (Å²) in [6, 6.07) is 12.3. The molecular weight excluding hydrogens is 688 g/mol. The van der Waals surface area contributed by atoms with E-state index in [1.165, 1.54) is 22.3 Å². The van der Waals surface area contributed by atoms with Crippen molar-refractivity contribution < 1.29 is 43.2 Å². The van der Waals surface area contributed by atoms with E-state index < -0.39 is 0 Å². The summed E-state index contributed by atoms with van der Waals surface area (Å²) in [6.45, 7) is 0.521. The van der Waals surface area contributed by atoms with Crippen molar-refractivity contribution in [2.45, 2.75) is 140 Å². The predicted molar refractivity (Wildman–Crippen MR) is 206 cm³/mol. The van der Waals surface area contributed by atoms with E-state index in [1.807, 2.05) is 18.2 Å². The van der Waals surface area contributed by atoms with Crippen LogP contribution in [0.15, 0.2) is 36.4 Å². The summed E-state index contributed by atoms with van der Waals surface area (Å²) in [7, 11) is 3.34. The fourth-order valence-corrected chi connectivity index (χ4v) is 7.38. The lowest BCUT2D eigenvalue weighted by molar-refractivity contribution is -0.169. The maximum atomic E-state index is 12.3. The molecule has 298 valence electrons. The van der Waals surface area contributed by atoms with Crippen LogP contribution in [-0.4, -0.2) is 68.8 Å². The van der Waals surface area contributed by atoms with E-state index in [0.29, 0.717) is 25.7 Å². The third-order valence-electron chi connectivity index (χ3n) is 10.5. The highest BCUT2D eigenvalue weighted by Crippen LogP contribution is 2.34. The number of methoxy groups -OCH3 is 2. The third kappa shape index (κ3) is 14.8. The van der Waals surface area contributed by atoms with Gasteiger partial charge in [0.25, 0.3) is 0 Å². The number of aryl methyl sites for hydroxylation is 2. The SMILES string of the molecule is COc1ccc2c(c1)CCC2NC(=O)CCCCCCC(=O)CO.COc1ccc2c(c1)CCC2NC(=O)CCCCCCC(=O)COC1CCCCO1. The first-order chi connectivity index (χ1) is 26.3. The van der Waals surface area contributed by atoms with Crippen molar-refractivity contribution >= 4 is 23.4 Å². The highest BCUT2D eigenvalue weighted by atomic mass is 16.7. The molecule has 3 aliphatic rings. The van der Waals surface area contributed by atoms with Crippen LogP contribution in [0, 0.1) is 0 Å². The van der Waals surface area contributed by atoms with Gasteiger partial charge < -0.3 is 34.7 Å². The first kappa shape index (κ1) is 42.9. The normalized spacial score (nSPS) is 18.5. The van der Waals surface area contributed by atoms with Crippen LogP contribution < -0.4 is 20.1 Å². The number of rotatable bonds is 22. The summed E-state index contributed by atoms with van der Waals surface area (Å²) >= 11 is 0. The molecule has 2 aliphatic carbocycles. The minimum absolute atomic E-state index is 0.0927. The van der Waals surface area contributed by atoms with Crippen molar-refractivity contribution in [1.82, 2.24) is 10.6 Å². The van der Waals surface area contributed by atoms with E-state index in [0.717, 1.165) is 114 Å². The number of ether oxygens (including phenoxy) is 4. The molecule has 1 fully saturated rings. The number of Topliss-reactive ketones (excluding diaryl/α,β-unsaturated/α-hetero) is 2. The van der Waals surface area contributed by atoms with E-state index >= 15 is 0 Å². The molecule has 3 N–H and O–H groups in total. The summed E-state index contributed by atoms with van der Waals surface area (Å²) in [5.41, 5.74) is 4.94. The van der Waals surface area contributed by atoms with Crippen LogP contribution in [-0.2, 0) is 41.5 Å². The Morgan fingerprint density at radius 3 is 1.63 bits per heavy atom. The van der Waals surface area contributed by atoms with Gasteiger partial charge >= 0.3 is 0 Å². The number of aliphatic hydroxyl groups is 1. The lowest BCUT2D eigenvalue weighted by Gasteiger charge is -2.22. The van der Waals surface area contributed by atoms with Gasteiger partial charge in [-0.3, -0.25) is 19.2 Å². The molecule has 1 heterocycles. The van der Waals surface area contributed by atoms with E-state index in [1.54, 1.807) is 14.2 Å². The van der Waals surface area contributed by atoms with Gasteiger partial charge in [-0.1, -0.05) is 37.8 Å². The number of carbonyl (C=O) groups excluding carboxylic acids is 4. The number of hydrogen-bond acceptors (Lipinski definition) is 9. The first-order valence-electron chi connectivity index (χ1n) is 20.1. The average Bonchev–Trinajstić information content (AvgIpc) is 3.79. The fraction of sp³-hybridized carbons (Fsp3) is 0.628. The fourth-order valence-electron chi connectivity index (χ4n) is 7.38. The summed E-state index contributed by atoms with van der Waals surface area (Å²) in [5.74, 6) is 1.96. The third-order valence-corrected chi connectivity index (χ3v) is 10.5. The van der Waals surface area contributed by atoms with Crippen molar-refractivity contribution in [2.75, 3.05) is 34.0 Å². The van der Waals surface area contributed by atoms with Crippen molar-refractivity contribution in [3.8, 4) is 11.5 Å². The Hall–Kier alpha value is -3.80. The van der Waals surface area contributed by atoms with Crippen molar-refractivity contribution in [3.63, 3.8) is 0 Å². The quantitative estimate of drug-likeness (QED) is 0.109. The smallest absolute Gasteiger partial charge is 0.220 e. The number of unbranched alkanes of at least 4 members (excludes halogenated alkanes) is 6. The second-order valence-corrected chi connectivity index (χ2v) is 14.6. The second-order valence-electron chi connectivity index (χ2n) is 14.6. The van der Waals surface area contributed by atoms with Crippen LogP contribution in [0.25, 0.3) is 0 Å². The largest absolute Gasteiger partial charge is 0.497 e. The standard InChI is InChI=1S/C24H35NO5.C19H27NO4/c1-28-20-12-13-21-18(16-20)11-14-22(21)25-23(27)9-5-3-2-4-8-19(26)17-30-24-10-6-7-15-29-24;1-24-16-9-10-17-14(12-16)8-11-18(17)20-19(23)7-5-3-2-4-6-15(22)13-21/h12-13,16,22,24H,2-11,14-15,17H2,1H3,(H,25,27);9-10,12,18,21H,2-8,11,13H2,1H3,(H,20,23). The number of fused-ring (bicyclic) bond motifs is 2. The van der Waals surface area contributed by atoms with Gasteiger partial charge in [0.05, 0.1) is 26.3 Å². The predicted octanol–water partition coefficient (Wildman–Crippen LogP) is 6.95. The van der Waals surface area contributed by atoms with E-state index in [2.05, 4.69) is 28.8 Å². The molecule has 2 aromatic carbocycles. The molecule has 1 saturated heterocycles. The zero-order chi connectivity index (χ0) is 38.5. The Labute approximate surface area is 321 Å². The minimum Gasteiger partial charge on any atom is -0.497 e. The molecule has 11 heteroatoms. The molecule has 2 aromatic rings. The van der Waals surface area contributed by atoms with Gasteiger partial charge in [0.1, 0.15) is 24.7 Å². The Morgan fingerprint density at radius 2 is 1.17 bits per heavy atom. The zero-order valence-corrected chi connectivity index (χ0v) is 32.5. The lowest BCUT2D eigenvalue weighted by atomic mass is 10.1. The van der Waals surface area contributed by atoms with Gasteiger partial charge in [0.2, 0.25) is 11.8 Å². The molecule has 0 bridgehead atoms. The number of hydrogen-bond donors (Lipinski definition) is 3. The molecule has 0 aromatic heterocycles. The Balaban J connectivity index is 0.000000247. The summed E-state index contributed by atoms with van der Waals surface area (Å²) in [4.78, 5) is 47.3. The van der Waals surface area contributed by atoms with Gasteiger partial charge in [0.15, 0.2) is 17.9 Å². The maximum absolute atomic E-state index is 12.3. The van der Waals surface area contributed by atoms with Crippen LogP contribution in [0.5, 0.6) is 11.5 Å². The summed E-state index contributed by atoms with van der Waals surface area (Å²) < 4.78 is 21.5. The first-order valence-corrected chi connectivity index (χ1v) is 20.1. The summed E-state index contributed by atoms with van der Waals surface area (Å²) in [6.07, 6.45) is 15.9. The number of amides is 2. The van der Waals surface area contributed by atoms with Gasteiger partial charge in [-0.2, -0.15) is 0 Å².